The lowest BCUT2D eigenvalue weighted by atomic mass is 9.75. The smallest absolute Gasteiger partial charge is 0.234 e. The van der Waals surface area contributed by atoms with Crippen LogP contribution in [0.5, 0.6) is 0 Å². The second-order valence-electron chi connectivity index (χ2n) is 5.60. The van der Waals surface area contributed by atoms with Gasteiger partial charge in [-0.2, -0.15) is 0 Å². The summed E-state index contributed by atoms with van der Waals surface area (Å²) in [5.74, 6) is -0.226. The van der Waals surface area contributed by atoms with Gasteiger partial charge in [-0.05, 0) is 56.6 Å². The molecule has 0 unspecified atom stereocenters. The summed E-state index contributed by atoms with van der Waals surface area (Å²) in [6.07, 6.45) is 1.69. The average molecular weight is 335 g/mol. The molecule has 3 rings (SSSR count). The van der Waals surface area contributed by atoms with E-state index in [4.69, 9.17) is 0 Å². The van der Waals surface area contributed by atoms with Crippen LogP contribution in [0, 0.1) is 5.82 Å². The van der Waals surface area contributed by atoms with Crippen molar-refractivity contribution in [3.8, 4) is 0 Å². The highest BCUT2D eigenvalue weighted by atomic mass is 35.5. The van der Waals surface area contributed by atoms with Crippen molar-refractivity contribution in [1.82, 2.24) is 5.32 Å². The van der Waals surface area contributed by atoms with Crippen LogP contribution in [0.25, 0.3) is 0 Å². The number of nitrogens with one attached hydrogen (secondary N) is 1. The largest absolute Gasteiger partial charge is 0.317 e. The van der Waals surface area contributed by atoms with E-state index in [2.05, 4.69) is 5.32 Å². The van der Waals surface area contributed by atoms with Crippen LogP contribution in [0.3, 0.4) is 0 Å². The Kier molecular flexibility index (Phi) is 4.52. The molecule has 0 saturated carbocycles. The number of hydrogen-bond acceptors (Lipinski definition) is 3. The molecule has 4 nitrogen and oxygen atoms in total. The van der Waals surface area contributed by atoms with Crippen LogP contribution >= 0.6 is 12.4 Å². The van der Waals surface area contributed by atoms with E-state index in [1.807, 2.05) is 0 Å². The fourth-order valence-electron chi connectivity index (χ4n) is 3.33. The molecule has 7 heteroatoms. The summed E-state index contributed by atoms with van der Waals surface area (Å²) in [7, 11) is -3.31. The Morgan fingerprint density at radius 2 is 2.00 bits per heavy atom. The first-order chi connectivity index (χ1) is 9.48. The first kappa shape index (κ1) is 16.5. The van der Waals surface area contributed by atoms with Crippen molar-refractivity contribution in [3.63, 3.8) is 0 Å². The number of halogens is 2. The second-order valence-corrected chi connectivity index (χ2v) is 7.78. The van der Waals surface area contributed by atoms with Crippen molar-refractivity contribution in [3.05, 3.63) is 29.6 Å². The quantitative estimate of drug-likeness (QED) is 0.900. The number of hydrogen-bond donors (Lipinski definition) is 1. The standard InChI is InChI=1S/C14H19FN2O2S.ClH/c1-2-20(18,19)17-10-14(5-7-16-8-6-14)12-9-11(15)3-4-13(12)17;/h3-4,9,16H,2,5-8,10H2,1H3;1H. The highest BCUT2D eigenvalue weighted by Crippen LogP contribution is 2.47. The van der Waals surface area contributed by atoms with Crippen LogP contribution in [-0.2, 0) is 15.4 Å². The fourth-order valence-corrected chi connectivity index (χ4v) is 4.55. The van der Waals surface area contributed by atoms with Gasteiger partial charge in [0.05, 0.1) is 11.4 Å². The molecule has 1 spiro atoms. The third kappa shape index (κ3) is 2.64. The van der Waals surface area contributed by atoms with Gasteiger partial charge in [0.15, 0.2) is 0 Å². The Hall–Kier alpha value is -0.850. The van der Waals surface area contributed by atoms with Crippen molar-refractivity contribution in [2.45, 2.75) is 25.2 Å². The molecule has 1 fully saturated rings. The third-order valence-corrected chi connectivity index (χ3v) is 6.23. The minimum absolute atomic E-state index is 0. The van der Waals surface area contributed by atoms with Crippen molar-refractivity contribution in [2.24, 2.45) is 0 Å². The van der Waals surface area contributed by atoms with Crippen LogP contribution in [-0.4, -0.2) is 33.8 Å². The molecule has 1 N–H and O–H groups in total. The summed E-state index contributed by atoms with van der Waals surface area (Å²) in [5.41, 5.74) is 1.29. The maximum absolute atomic E-state index is 13.6. The Labute approximate surface area is 131 Å². The molecule has 0 aromatic heterocycles. The van der Waals surface area contributed by atoms with Crippen LogP contribution in [0.1, 0.15) is 25.3 Å². The Bertz CT molecular complexity index is 630. The van der Waals surface area contributed by atoms with Gasteiger partial charge in [-0.25, -0.2) is 12.8 Å². The number of fused-ring (bicyclic) bond motifs is 2. The maximum atomic E-state index is 13.6. The van der Waals surface area contributed by atoms with Crippen LogP contribution in [0.4, 0.5) is 10.1 Å². The molecule has 0 atom stereocenters. The minimum atomic E-state index is -3.31. The monoisotopic (exact) mass is 334 g/mol. The number of nitrogens with zero attached hydrogens (tertiary/aromatic N) is 1. The van der Waals surface area contributed by atoms with Gasteiger partial charge in [0.25, 0.3) is 0 Å². The van der Waals surface area contributed by atoms with E-state index < -0.39 is 10.0 Å². The van der Waals surface area contributed by atoms with Crippen molar-refractivity contribution in [2.75, 3.05) is 29.7 Å². The zero-order valence-corrected chi connectivity index (χ0v) is 13.6. The maximum Gasteiger partial charge on any atom is 0.234 e. The molecule has 2 heterocycles. The predicted molar refractivity (Wildman–Crippen MR) is 84.2 cm³/mol. The summed E-state index contributed by atoms with van der Waals surface area (Å²) in [4.78, 5) is 0. The number of piperidine rings is 1. The zero-order chi connectivity index (χ0) is 14.4. The summed E-state index contributed by atoms with van der Waals surface area (Å²) in [6.45, 7) is 3.78. The highest BCUT2D eigenvalue weighted by Gasteiger charge is 2.46. The van der Waals surface area contributed by atoms with Crippen molar-refractivity contribution < 1.29 is 12.8 Å². The number of benzene rings is 1. The molecule has 1 aromatic carbocycles. The van der Waals surface area contributed by atoms with Gasteiger partial charge < -0.3 is 5.32 Å². The van der Waals surface area contributed by atoms with Crippen LogP contribution in [0.2, 0.25) is 0 Å². The molecule has 0 amide bonds. The molecule has 0 radical (unpaired) electrons. The Morgan fingerprint density at radius 3 is 2.62 bits per heavy atom. The lowest BCUT2D eigenvalue weighted by molar-refractivity contribution is 0.329. The third-order valence-electron chi connectivity index (χ3n) is 4.51. The molecular formula is C14H20ClFN2O2S. The number of anilines is 1. The Morgan fingerprint density at radius 1 is 1.33 bits per heavy atom. The van der Waals surface area contributed by atoms with Gasteiger partial charge in [0.1, 0.15) is 5.82 Å². The lowest BCUT2D eigenvalue weighted by Crippen LogP contribution is -2.44. The second kappa shape index (κ2) is 5.74. The van der Waals surface area contributed by atoms with Gasteiger partial charge in [-0.15, -0.1) is 12.4 Å². The molecule has 2 aliphatic heterocycles. The Balaban J connectivity index is 0.00000161. The number of rotatable bonds is 2. The van der Waals surface area contributed by atoms with E-state index in [0.717, 1.165) is 31.5 Å². The highest BCUT2D eigenvalue weighted by molar-refractivity contribution is 7.92. The first-order valence-electron chi connectivity index (χ1n) is 7.00. The number of sulfonamides is 1. The molecule has 0 aliphatic carbocycles. The van der Waals surface area contributed by atoms with E-state index in [9.17, 15) is 12.8 Å². The van der Waals surface area contributed by atoms with Crippen LogP contribution < -0.4 is 9.62 Å². The fraction of sp³-hybridized carbons (Fsp3) is 0.571. The van der Waals surface area contributed by atoms with Gasteiger partial charge in [0, 0.05) is 12.0 Å². The molecule has 118 valence electrons. The topological polar surface area (TPSA) is 49.4 Å². The lowest BCUT2D eigenvalue weighted by Gasteiger charge is -2.34. The molecule has 1 aromatic rings. The molecule has 0 bridgehead atoms. The van der Waals surface area contributed by atoms with E-state index in [0.29, 0.717) is 12.2 Å². The van der Waals surface area contributed by atoms with E-state index in [1.165, 1.54) is 16.4 Å². The molecule has 2 aliphatic rings. The summed E-state index contributed by atoms with van der Waals surface area (Å²) in [6, 6.07) is 4.47. The van der Waals surface area contributed by atoms with E-state index in [-0.39, 0.29) is 29.4 Å². The summed E-state index contributed by atoms with van der Waals surface area (Å²) < 4.78 is 39.7. The van der Waals surface area contributed by atoms with Crippen LogP contribution in [0.15, 0.2) is 18.2 Å². The summed E-state index contributed by atoms with van der Waals surface area (Å²) in [5, 5.41) is 3.29. The van der Waals surface area contributed by atoms with E-state index >= 15 is 0 Å². The average Bonchev–Trinajstić information content (AvgIpc) is 2.75. The minimum Gasteiger partial charge on any atom is -0.317 e. The van der Waals surface area contributed by atoms with Gasteiger partial charge in [0.2, 0.25) is 10.0 Å². The van der Waals surface area contributed by atoms with Crippen molar-refractivity contribution in [1.29, 1.82) is 0 Å². The van der Waals surface area contributed by atoms with Gasteiger partial charge in [-0.1, -0.05) is 0 Å². The zero-order valence-electron chi connectivity index (χ0n) is 11.9. The van der Waals surface area contributed by atoms with Crippen molar-refractivity contribution >= 4 is 28.1 Å². The van der Waals surface area contributed by atoms with Gasteiger partial charge >= 0.3 is 0 Å². The molecule has 1 saturated heterocycles. The normalized spacial score (nSPS) is 20.2. The first-order valence-corrected chi connectivity index (χ1v) is 8.61. The molecular weight excluding hydrogens is 315 g/mol. The van der Waals surface area contributed by atoms with E-state index in [1.54, 1.807) is 13.0 Å². The summed E-state index contributed by atoms with van der Waals surface area (Å²) >= 11 is 0. The SMILES string of the molecule is CCS(=O)(=O)N1CC2(CCNCC2)c2cc(F)ccc21.Cl. The molecule has 21 heavy (non-hydrogen) atoms. The van der Waals surface area contributed by atoms with Gasteiger partial charge in [-0.3, -0.25) is 4.31 Å². The predicted octanol–water partition coefficient (Wildman–Crippen LogP) is 2.04.